The first kappa shape index (κ1) is 29.4. The summed E-state index contributed by atoms with van der Waals surface area (Å²) in [6.45, 7) is 11.2. The highest BCUT2D eigenvalue weighted by molar-refractivity contribution is 5.88. The number of aromatic nitrogens is 1. The molecule has 1 aromatic carbocycles. The monoisotopic (exact) mass is 536 g/mol. The summed E-state index contributed by atoms with van der Waals surface area (Å²) in [7, 11) is 0. The van der Waals surface area contributed by atoms with Gasteiger partial charge in [0.2, 0.25) is 5.91 Å². The molecule has 3 heterocycles. The van der Waals surface area contributed by atoms with Crippen molar-refractivity contribution < 1.29 is 24.5 Å². The minimum absolute atomic E-state index is 0.0151. The van der Waals surface area contributed by atoms with Gasteiger partial charge < -0.3 is 20.3 Å². The Kier molecular flexibility index (Phi) is 8.94. The number of Topliss-reactive ketones (excluding diaryl/α,β-unsaturated/α-hetero) is 1. The molecular formula is C32H44N2O5. The lowest BCUT2D eigenvalue weighted by atomic mass is 9.71. The molecule has 7 heteroatoms. The van der Waals surface area contributed by atoms with E-state index in [1.807, 2.05) is 37.3 Å². The van der Waals surface area contributed by atoms with E-state index < -0.39 is 23.5 Å². The van der Waals surface area contributed by atoms with Crippen LogP contribution in [0, 0.1) is 17.3 Å². The summed E-state index contributed by atoms with van der Waals surface area (Å²) in [5, 5.41) is 26.5. The number of ether oxygens (including phenoxy) is 1. The molecule has 2 aromatic rings. The summed E-state index contributed by atoms with van der Waals surface area (Å²) in [5.74, 6) is -1.28. The number of ketones is 1. The topological polar surface area (TPSA) is 112 Å². The molecule has 1 amide bonds. The molecule has 0 spiro atoms. The molecule has 3 N–H and O–H groups in total. The van der Waals surface area contributed by atoms with Crippen molar-refractivity contribution in [3.05, 3.63) is 54.7 Å². The first-order valence-corrected chi connectivity index (χ1v) is 14.3. The number of nitrogens with zero attached hydrogens (tertiary/aromatic N) is 1. The summed E-state index contributed by atoms with van der Waals surface area (Å²) in [4.78, 5) is 31.5. The van der Waals surface area contributed by atoms with Gasteiger partial charge in [-0.05, 0) is 56.2 Å². The maximum absolute atomic E-state index is 13.7. The average molecular weight is 537 g/mol. The van der Waals surface area contributed by atoms with Gasteiger partial charge in [0.15, 0.2) is 0 Å². The number of epoxide rings is 1. The Hall–Kier alpha value is -2.61. The molecule has 2 fully saturated rings. The van der Waals surface area contributed by atoms with Gasteiger partial charge in [-0.3, -0.25) is 14.6 Å². The van der Waals surface area contributed by atoms with Gasteiger partial charge in [-0.15, -0.1) is 6.58 Å². The smallest absolute Gasteiger partial charge is 0.223 e. The molecule has 0 saturated carbocycles. The Morgan fingerprint density at radius 2 is 1.97 bits per heavy atom. The van der Waals surface area contributed by atoms with Crippen molar-refractivity contribution >= 4 is 22.6 Å². The fourth-order valence-corrected chi connectivity index (χ4v) is 6.02. The zero-order valence-electron chi connectivity index (χ0n) is 23.7. The second-order valence-electron chi connectivity index (χ2n) is 12.4. The lowest BCUT2D eigenvalue weighted by Gasteiger charge is -2.36. The SMILES string of the molecule is C=CCC[C@H]1C(=O)C(C)(C)[C@@H](O)CC(=O)N[C@H](c2ccc3cccnc3c2)CC2OC2(C)CCC[C@H](C)[C@H]1O. The van der Waals surface area contributed by atoms with E-state index in [2.05, 4.69) is 23.8 Å². The summed E-state index contributed by atoms with van der Waals surface area (Å²) in [6.07, 6.45) is 5.33. The fourth-order valence-electron chi connectivity index (χ4n) is 6.02. The van der Waals surface area contributed by atoms with Crippen LogP contribution in [0.2, 0.25) is 0 Å². The van der Waals surface area contributed by atoms with Gasteiger partial charge in [-0.2, -0.15) is 0 Å². The van der Waals surface area contributed by atoms with E-state index in [0.717, 1.165) is 35.7 Å². The van der Waals surface area contributed by atoms with Crippen molar-refractivity contribution in [2.45, 2.75) is 103 Å². The fraction of sp³-hybridized carbons (Fsp3) is 0.594. The van der Waals surface area contributed by atoms with Gasteiger partial charge in [-0.25, -0.2) is 0 Å². The molecule has 0 aliphatic carbocycles. The lowest BCUT2D eigenvalue weighted by Crippen LogP contribution is -2.47. The average Bonchev–Trinajstić information content (AvgIpc) is 3.55. The van der Waals surface area contributed by atoms with E-state index in [1.54, 1.807) is 26.1 Å². The van der Waals surface area contributed by atoms with Crippen LogP contribution in [0.25, 0.3) is 10.9 Å². The van der Waals surface area contributed by atoms with Crippen LogP contribution in [-0.4, -0.2) is 50.8 Å². The highest BCUT2D eigenvalue weighted by atomic mass is 16.6. The van der Waals surface area contributed by atoms with Crippen molar-refractivity contribution in [2.75, 3.05) is 0 Å². The van der Waals surface area contributed by atoms with Crippen molar-refractivity contribution in [1.82, 2.24) is 10.3 Å². The van der Waals surface area contributed by atoms with Gasteiger partial charge >= 0.3 is 0 Å². The van der Waals surface area contributed by atoms with E-state index in [-0.39, 0.29) is 41.8 Å². The molecule has 0 radical (unpaired) electrons. The number of allylic oxidation sites excluding steroid dienone is 1. The number of aliphatic hydroxyl groups is 2. The number of pyridine rings is 1. The van der Waals surface area contributed by atoms with E-state index in [4.69, 9.17) is 4.74 Å². The largest absolute Gasteiger partial charge is 0.392 e. The standard InChI is InChI=1S/C32H44N2O5/c1-6-7-12-23-29(37)20(2)10-8-15-32(5)27(39-32)18-25(22-14-13-21-11-9-16-33-24(21)17-22)34-28(36)19-26(35)31(3,4)30(23)38/h6,9,11,13-14,16-17,20,23,25-27,29,35,37H,1,7-8,10,12,15,18-19H2,2-5H3,(H,34,36)/t20-,23+,25-,26-,27?,29+,32?/m0/s1. The first-order chi connectivity index (χ1) is 18.5. The Morgan fingerprint density at radius 3 is 2.72 bits per heavy atom. The highest BCUT2D eigenvalue weighted by Crippen LogP contribution is 2.46. The van der Waals surface area contributed by atoms with Gasteiger partial charge in [-0.1, -0.05) is 51.5 Å². The Labute approximate surface area is 232 Å². The molecule has 7 atom stereocenters. The molecule has 212 valence electrons. The van der Waals surface area contributed by atoms with Crippen LogP contribution >= 0.6 is 0 Å². The number of rotatable bonds is 4. The Morgan fingerprint density at radius 1 is 1.21 bits per heavy atom. The van der Waals surface area contributed by atoms with Crippen molar-refractivity contribution in [2.24, 2.45) is 17.3 Å². The number of amides is 1. The summed E-state index contributed by atoms with van der Waals surface area (Å²) >= 11 is 0. The zero-order chi connectivity index (χ0) is 28.4. The normalized spacial score (nSPS) is 34.2. The molecule has 0 bridgehead atoms. The minimum Gasteiger partial charge on any atom is -0.392 e. The first-order valence-electron chi connectivity index (χ1n) is 14.3. The number of nitrogens with one attached hydrogen (secondary N) is 1. The minimum atomic E-state index is -1.21. The van der Waals surface area contributed by atoms with Crippen LogP contribution in [-0.2, 0) is 14.3 Å². The number of fused-ring (bicyclic) bond motifs is 2. The van der Waals surface area contributed by atoms with E-state index >= 15 is 0 Å². The van der Waals surface area contributed by atoms with E-state index in [0.29, 0.717) is 19.3 Å². The molecule has 39 heavy (non-hydrogen) atoms. The van der Waals surface area contributed by atoms with Gasteiger partial charge in [0, 0.05) is 23.9 Å². The number of aliphatic hydroxyl groups excluding tert-OH is 2. The summed E-state index contributed by atoms with van der Waals surface area (Å²) in [6, 6.07) is 9.57. The predicted molar refractivity (Wildman–Crippen MR) is 152 cm³/mol. The highest BCUT2D eigenvalue weighted by Gasteiger charge is 2.52. The Bertz CT molecular complexity index is 1200. The van der Waals surface area contributed by atoms with Crippen molar-refractivity contribution in [1.29, 1.82) is 0 Å². The van der Waals surface area contributed by atoms with Gasteiger partial charge in [0.25, 0.3) is 0 Å². The molecule has 7 nitrogen and oxygen atoms in total. The molecule has 1 aromatic heterocycles. The van der Waals surface area contributed by atoms with Gasteiger partial charge in [0.05, 0.1) is 47.3 Å². The molecule has 2 unspecified atom stereocenters. The van der Waals surface area contributed by atoms with Crippen LogP contribution in [0.15, 0.2) is 49.2 Å². The molecule has 2 saturated heterocycles. The molecular weight excluding hydrogens is 492 g/mol. The third kappa shape index (κ3) is 6.59. The Balaban J connectivity index is 1.63. The maximum atomic E-state index is 13.7. The lowest BCUT2D eigenvalue weighted by molar-refractivity contribution is -0.144. The van der Waals surface area contributed by atoms with E-state index in [9.17, 15) is 19.8 Å². The number of hydrogen-bond donors (Lipinski definition) is 3. The molecule has 2 aliphatic heterocycles. The van der Waals surface area contributed by atoms with Crippen LogP contribution in [0.4, 0.5) is 0 Å². The number of benzene rings is 1. The zero-order valence-corrected chi connectivity index (χ0v) is 23.7. The summed E-state index contributed by atoms with van der Waals surface area (Å²) in [5.41, 5.74) is 0.279. The van der Waals surface area contributed by atoms with Crippen molar-refractivity contribution in [3.8, 4) is 0 Å². The second kappa shape index (κ2) is 11.9. The second-order valence-corrected chi connectivity index (χ2v) is 12.4. The molecule has 2 aliphatic rings. The van der Waals surface area contributed by atoms with Gasteiger partial charge in [0.1, 0.15) is 5.78 Å². The number of carbonyl (C=O) groups excluding carboxylic acids is 2. The quantitative estimate of drug-likeness (QED) is 0.372. The molecule has 4 rings (SSSR count). The number of carbonyl (C=O) groups is 2. The maximum Gasteiger partial charge on any atom is 0.223 e. The van der Waals surface area contributed by atoms with Crippen LogP contribution < -0.4 is 5.32 Å². The van der Waals surface area contributed by atoms with Crippen LogP contribution in [0.5, 0.6) is 0 Å². The number of hydrogen-bond acceptors (Lipinski definition) is 6. The van der Waals surface area contributed by atoms with Crippen LogP contribution in [0.3, 0.4) is 0 Å². The van der Waals surface area contributed by atoms with E-state index in [1.165, 1.54) is 0 Å². The van der Waals surface area contributed by atoms with Crippen LogP contribution in [0.1, 0.15) is 84.2 Å². The van der Waals surface area contributed by atoms with Crippen molar-refractivity contribution in [3.63, 3.8) is 0 Å². The predicted octanol–water partition coefficient (Wildman–Crippen LogP) is 5.05. The third-order valence-electron chi connectivity index (χ3n) is 9.05. The summed E-state index contributed by atoms with van der Waals surface area (Å²) < 4.78 is 6.17. The third-order valence-corrected chi connectivity index (χ3v) is 9.05.